The SMILES string of the molecule is Cc1ccc(C)c(-n2c(C)cc(/C=C(/C#N)C(=O)Nc3ccc(Cl)cc3)c2C)c1. The molecule has 1 N–H and O–H groups in total. The number of nitrogens with zero attached hydrogens (tertiary/aromatic N) is 2. The first-order valence-electron chi connectivity index (χ1n) is 9.25. The highest BCUT2D eigenvalue weighted by atomic mass is 35.5. The molecule has 0 bridgehead atoms. The molecule has 2 aromatic carbocycles. The zero-order valence-corrected chi connectivity index (χ0v) is 17.6. The van der Waals surface area contributed by atoms with Crippen molar-refractivity contribution in [3.63, 3.8) is 0 Å². The standard InChI is InChI=1S/C24H22ClN3O/c1-15-5-6-16(2)23(11-15)28-17(3)12-19(18(28)4)13-20(14-26)24(29)27-22-9-7-21(25)8-10-22/h5-13H,1-4H3,(H,27,29)/b20-13-. The van der Waals surface area contributed by atoms with Gasteiger partial charge >= 0.3 is 0 Å². The lowest BCUT2D eigenvalue weighted by Crippen LogP contribution is -2.13. The van der Waals surface area contributed by atoms with E-state index >= 15 is 0 Å². The number of nitrogens with one attached hydrogen (secondary N) is 1. The first-order chi connectivity index (χ1) is 13.8. The number of hydrogen-bond acceptors (Lipinski definition) is 2. The van der Waals surface area contributed by atoms with Crippen LogP contribution >= 0.6 is 11.6 Å². The molecule has 0 aliphatic carbocycles. The number of aromatic nitrogens is 1. The van der Waals surface area contributed by atoms with E-state index in [1.54, 1.807) is 30.3 Å². The average molecular weight is 404 g/mol. The topological polar surface area (TPSA) is 57.8 Å². The molecule has 1 aromatic heterocycles. The van der Waals surface area contributed by atoms with E-state index < -0.39 is 5.91 Å². The van der Waals surface area contributed by atoms with Crippen molar-refractivity contribution >= 4 is 29.3 Å². The highest BCUT2D eigenvalue weighted by Gasteiger charge is 2.15. The van der Waals surface area contributed by atoms with Gasteiger partial charge in [0.15, 0.2) is 0 Å². The predicted octanol–water partition coefficient (Wildman–Crippen LogP) is 5.91. The molecule has 0 radical (unpaired) electrons. The molecule has 0 spiro atoms. The van der Waals surface area contributed by atoms with Crippen LogP contribution in [0.5, 0.6) is 0 Å². The maximum Gasteiger partial charge on any atom is 0.266 e. The average Bonchev–Trinajstić information content (AvgIpc) is 2.96. The molecule has 0 saturated heterocycles. The lowest BCUT2D eigenvalue weighted by atomic mass is 10.1. The molecule has 3 aromatic rings. The summed E-state index contributed by atoms with van der Waals surface area (Å²) in [5.74, 6) is -0.452. The van der Waals surface area contributed by atoms with E-state index in [0.29, 0.717) is 10.7 Å². The van der Waals surface area contributed by atoms with Gasteiger partial charge in [-0.1, -0.05) is 23.7 Å². The Morgan fingerprint density at radius 1 is 1.07 bits per heavy atom. The minimum Gasteiger partial charge on any atom is -0.321 e. The third-order valence-corrected chi connectivity index (χ3v) is 5.09. The molecule has 0 saturated carbocycles. The molecule has 0 aliphatic rings. The van der Waals surface area contributed by atoms with E-state index in [2.05, 4.69) is 41.9 Å². The maximum absolute atomic E-state index is 12.6. The Morgan fingerprint density at radius 2 is 1.76 bits per heavy atom. The van der Waals surface area contributed by atoms with Crippen LogP contribution in [0.4, 0.5) is 5.69 Å². The molecular formula is C24H22ClN3O. The molecule has 3 rings (SSSR count). The van der Waals surface area contributed by atoms with Gasteiger partial charge in [-0.25, -0.2) is 0 Å². The Hall–Kier alpha value is -3.29. The summed E-state index contributed by atoms with van der Waals surface area (Å²) < 4.78 is 2.15. The summed E-state index contributed by atoms with van der Waals surface area (Å²) in [6, 6.07) is 17.1. The lowest BCUT2D eigenvalue weighted by Gasteiger charge is -2.13. The molecule has 4 nitrogen and oxygen atoms in total. The van der Waals surface area contributed by atoms with Crippen molar-refractivity contribution in [2.45, 2.75) is 27.7 Å². The fourth-order valence-electron chi connectivity index (χ4n) is 3.30. The first kappa shape index (κ1) is 20.4. The van der Waals surface area contributed by atoms with E-state index in [-0.39, 0.29) is 5.57 Å². The Bertz CT molecular complexity index is 1150. The summed E-state index contributed by atoms with van der Waals surface area (Å²) in [4.78, 5) is 12.6. The van der Waals surface area contributed by atoms with Gasteiger partial charge in [-0.05, 0) is 86.9 Å². The van der Waals surface area contributed by atoms with E-state index in [4.69, 9.17) is 11.6 Å². The second-order valence-electron chi connectivity index (χ2n) is 7.08. The van der Waals surface area contributed by atoms with Gasteiger partial charge in [0, 0.05) is 27.8 Å². The van der Waals surface area contributed by atoms with Crippen molar-refractivity contribution < 1.29 is 4.79 Å². The molecular weight excluding hydrogens is 382 g/mol. The summed E-state index contributed by atoms with van der Waals surface area (Å²) in [5, 5.41) is 12.9. The molecule has 0 fully saturated rings. The zero-order valence-electron chi connectivity index (χ0n) is 16.9. The van der Waals surface area contributed by atoms with Gasteiger partial charge in [0.1, 0.15) is 11.6 Å². The van der Waals surface area contributed by atoms with Gasteiger partial charge in [0.05, 0.1) is 0 Å². The predicted molar refractivity (Wildman–Crippen MR) is 118 cm³/mol. The van der Waals surface area contributed by atoms with Crippen LogP contribution < -0.4 is 5.32 Å². The van der Waals surface area contributed by atoms with Gasteiger partial charge in [-0.15, -0.1) is 0 Å². The highest BCUT2D eigenvalue weighted by molar-refractivity contribution is 6.30. The Kier molecular flexibility index (Phi) is 5.91. The number of nitriles is 1. The number of carbonyl (C=O) groups excluding carboxylic acids is 1. The molecule has 1 amide bonds. The Morgan fingerprint density at radius 3 is 2.41 bits per heavy atom. The van der Waals surface area contributed by atoms with Crippen LogP contribution in [0.15, 0.2) is 54.1 Å². The third-order valence-electron chi connectivity index (χ3n) is 4.84. The van der Waals surface area contributed by atoms with Crippen LogP contribution in [0.1, 0.15) is 28.1 Å². The van der Waals surface area contributed by atoms with E-state index in [1.165, 1.54) is 5.56 Å². The Labute approximate surface area is 176 Å². The summed E-state index contributed by atoms with van der Waals surface area (Å²) in [7, 11) is 0. The van der Waals surface area contributed by atoms with Crippen molar-refractivity contribution in [2.75, 3.05) is 5.32 Å². The van der Waals surface area contributed by atoms with Crippen LogP contribution in [0.25, 0.3) is 11.8 Å². The van der Waals surface area contributed by atoms with Gasteiger partial charge in [-0.2, -0.15) is 5.26 Å². The number of benzene rings is 2. The molecule has 29 heavy (non-hydrogen) atoms. The van der Waals surface area contributed by atoms with Gasteiger partial charge in [0.2, 0.25) is 0 Å². The molecule has 0 unspecified atom stereocenters. The molecule has 146 valence electrons. The van der Waals surface area contributed by atoms with Crippen molar-refractivity contribution in [2.24, 2.45) is 0 Å². The minimum atomic E-state index is -0.452. The number of amides is 1. The van der Waals surface area contributed by atoms with E-state index in [1.807, 2.05) is 26.0 Å². The zero-order chi connectivity index (χ0) is 21.1. The van der Waals surface area contributed by atoms with Crippen LogP contribution in [-0.2, 0) is 4.79 Å². The van der Waals surface area contributed by atoms with Crippen LogP contribution in [0.2, 0.25) is 5.02 Å². The molecule has 0 atom stereocenters. The second kappa shape index (κ2) is 8.38. The molecule has 1 heterocycles. The monoisotopic (exact) mass is 403 g/mol. The largest absolute Gasteiger partial charge is 0.321 e. The van der Waals surface area contributed by atoms with Crippen molar-refractivity contribution in [1.29, 1.82) is 5.26 Å². The summed E-state index contributed by atoms with van der Waals surface area (Å²) in [6.45, 7) is 8.15. The second-order valence-corrected chi connectivity index (χ2v) is 7.52. The third kappa shape index (κ3) is 4.42. The smallest absolute Gasteiger partial charge is 0.266 e. The number of aryl methyl sites for hydroxylation is 3. The minimum absolute atomic E-state index is 0.0427. The maximum atomic E-state index is 12.6. The normalized spacial score (nSPS) is 11.2. The number of carbonyl (C=O) groups is 1. The van der Waals surface area contributed by atoms with Crippen LogP contribution in [-0.4, -0.2) is 10.5 Å². The summed E-state index contributed by atoms with van der Waals surface area (Å²) in [6.07, 6.45) is 1.63. The number of rotatable bonds is 4. The van der Waals surface area contributed by atoms with Crippen molar-refractivity contribution in [1.82, 2.24) is 4.57 Å². The van der Waals surface area contributed by atoms with Gasteiger partial charge in [-0.3, -0.25) is 4.79 Å². The van der Waals surface area contributed by atoms with E-state index in [9.17, 15) is 10.1 Å². The Balaban J connectivity index is 1.96. The summed E-state index contributed by atoms with van der Waals surface area (Å²) >= 11 is 5.87. The highest BCUT2D eigenvalue weighted by Crippen LogP contribution is 2.26. The molecule has 5 heteroatoms. The number of anilines is 1. The first-order valence-corrected chi connectivity index (χ1v) is 9.63. The fraction of sp³-hybridized carbons (Fsp3) is 0.167. The summed E-state index contributed by atoms with van der Waals surface area (Å²) in [5.41, 5.74) is 6.92. The number of hydrogen-bond donors (Lipinski definition) is 1. The van der Waals surface area contributed by atoms with Gasteiger partial charge < -0.3 is 9.88 Å². The van der Waals surface area contributed by atoms with Crippen LogP contribution in [0, 0.1) is 39.0 Å². The number of halogens is 1. The lowest BCUT2D eigenvalue weighted by molar-refractivity contribution is -0.112. The van der Waals surface area contributed by atoms with Crippen molar-refractivity contribution in [3.8, 4) is 11.8 Å². The fourth-order valence-corrected chi connectivity index (χ4v) is 3.43. The molecule has 0 aliphatic heterocycles. The van der Waals surface area contributed by atoms with Crippen LogP contribution in [0.3, 0.4) is 0 Å². The quantitative estimate of drug-likeness (QED) is 0.434. The van der Waals surface area contributed by atoms with Gasteiger partial charge in [0.25, 0.3) is 5.91 Å². The van der Waals surface area contributed by atoms with Crippen molar-refractivity contribution in [3.05, 3.63) is 87.2 Å². The van der Waals surface area contributed by atoms with E-state index in [0.717, 1.165) is 28.2 Å².